The standard InChI is InChI=1S/C13H25NO2/c1-4-6-7-8-9-10-13(16)14-11(3)12(15)5-2/h11H,4-10H2,1-3H3,(H,14,16). The lowest BCUT2D eigenvalue weighted by molar-refractivity contribution is -0.127. The van der Waals surface area contributed by atoms with Crippen molar-refractivity contribution in [2.24, 2.45) is 0 Å². The summed E-state index contributed by atoms with van der Waals surface area (Å²) in [6.45, 7) is 5.74. The van der Waals surface area contributed by atoms with E-state index in [-0.39, 0.29) is 17.7 Å². The number of Topliss-reactive ketones (excluding diaryl/α,β-unsaturated/α-hetero) is 1. The van der Waals surface area contributed by atoms with Gasteiger partial charge in [0, 0.05) is 12.8 Å². The lowest BCUT2D eigenvalue weighted by Crippen LogP contribution is -2.38. The number of unbranched alkanes of at least 4 members (excludes halogenated alkanes) is 4. The maximum atomic E-state index is 11.4. The fourth-order valence-corrected chi connectivity index (χ4v) is 1.59. The first-order chi connectivity index (χ1) is 7.61. The number of carbonyl (C=O) groups excluding carboxylic acids is 2. The Morgan fingerprint density at radius 1 is 1.06 bits per heavy atom. The van der Waals surface area contributed by atoms with Crippen LogP contribution in [0.5, 0.6) is 0 Å². The third-order valence-electron chi connectivity index (χ3n) is 2.72. The Hall–Kier alpha value is -0.860. The van der Waals surface area contributed by atoms with Crippen LogP contribution in [-0.4, -0.2) is 17.7 Å². The van der Waals surface area contributed by atoms with Gasteiger partial charge in [-0.3, -0.25) is 9.59 Å². The zero-order valence-corrected chi connectivity index (χ0v) is 10.8. The molecule has 0 bridgehead atoms. The van der Waals surface area contributed by atoms with Gasteiger partial charge in [0.05, 0.1) is 6.04 Å². The topological polar surface area (TPSA) is 46.2 Å². The van der Waals surface area contributed by atoms with Gasteiger partial charge >= 0.3 is 0 Å². The Balaban J connectivity index is 3.54. The van der Waals surface area contributed by atoms with Crippen molar-refractivity contribution in [2.75, 3.05) is 0 Å². The van der Waals surface area contributed by atoms with Crippen LogP contribution in [0, 0.1) is 0 Å². The van der Waals surface area contributed by atoms with Crippen LogP contribution in [-0.2, 0) is 9.59 Å². The normalized spacial score (nSPS) is 12.2. The minimum absolute atomic E-state index is 0.00537. The molecule has 0 aromatic rings. The summed E-state index contributed by atoms with van der Waals surface area (Å²) >= 11 is 0. The Morgan fingerprint density at radius 3 is 2.25 bits per heavy atom. The highest BCUT2D eigenvalue weighted by atomic mass is 16.2. The van der Waals surface area contributed by atoms with Gasteiger partial charge in [0.25, 0.3) is 0 Å². The van der Waals surface area contributed by atoms with Crippen LogP contribution < -0.4 is 5.32 Å². The van der Waals surface area contributed by atoms with Crippen LogP contribution in [0.1, 0.15) is 65.7 Å². The summed E-state index contributed by atoms with van der Waals surface area (Å²) in [5, 5.41) is 2.73. The molecule has 0 saturated heterocycles. The second kappa shape index (κ2) is 9.37. The van der Waals surface area contributed by atoms with E-state index in [1.807, 2.05) is 6.92 Å². The van der Waals surface area contributed by atoms with E-state index in [0.717, 1.165) is 12.8 Å². The van der Waals surface area contributed by atoms with E-state index in [4.69, 9.17) is 0 Å². The van der Waals surface area contributed by atoms with E-state index in [9.17, 15) is 9.59 Å². The van der Waals surface area contributed by atoms with Gasteiger partial charge in [-0.2, -0.15) is 0 Å². The quantitative estimate of drug-likeness (QED) is 0.616. The molecule has 0 rings (SSSR count). The highest BCUT2D eigenvalue weighted by molar-refractivity contribution is 5.88. The van der Waals surface area contributed by atoms with Crippen LogP contribution in [0.25, 0.3) is 0 Å². The molecule has 1 N–H and O–H groups in total. The van der Waals surface area contributed by atoms with Gasteiger partial charge in [0.1, 0.15) is 0 Å². The zero-order chi connectivity index (χ0) is 12.4. The number of hydrogen-bond acceptors (Lipinski definition) is 2. The number of hydrogen-bond donors (Lipinski definition) is 1. The molecule has 0 aliphatic carbocycles. The predicted molar refractivity (Wildman–Crippen MR) is 66.3 cm³/mol. The van der Waals surface area contributed by atoms with Gasteiger partial charge in [0.2, 0.25) is 5.91 Å². The minimum atomic E-state index is -0.326. The summed E-state index contributed by atoms with van der Waals surface area (Å²) in [4.78, 5) is 22.7. The third-order valence-corrected chi connectivity index (χ3v) is 2.72. The Morgan fingerprint density at radius 2 is 1.69 bits per heavy atom. The monoisotopic (exact) mass is 227 g/mol. The molecule has 0 aromatic heterocycles. The van der Waals surface area contributed by atoms with Crippen LogP contribution in [0.15, 0.2) is 0 Å². The molecule has 0 aliphatic heterocycles. The van der Waals surface area contributed by atoms with Crippen LogP contribution in [0.3, 0.4) is 0 Å². The highest BCUT2D eigenvalue weighted by Crippen LogP contribution is 2.05. The highest BCUT2D eigenvalue weighted by Gasteiger charge is 2.12. The number of carbonyl (C=O) groups is 2. The van der Waals surface area contributed by atoms with Crippen LogP contribution in [0.2, 0.25) is 0 Å². The van der Waals surface area contributed by atoms with Crippen LogP contribution in [0.4, 0.5) is 0 Å². The maximum absolute atomic E-state index is 11.4. The molecule has 0 fully saturated rings. The third kappa shape index (κ3) is 7.43. The van der Waals surface area contributed by atoms with E-state index in [1.54, 1.807) is 6.92 Å². The molecule has 3 heteroatoms. The lowest BCUT2D eigenvalue weighted by Gasteiger charge is -2.11. The van der Waals surface area contributed by atoms with Gasteiger partial charge < -0.3 is 5.32 Å². The minimum Gasteiger partial charge on any atom is -0.347 e. The number of rotatable bonds is 9. The molecule has 16 heavy (non-hydrogen) atoms. The molecular formula is C13H25NO2. The van der Waals surface area contributed by atoms with Gasteiger partial charge in [-0.25, -0.2) is 0 Å². The molecule has 0 aromatic carbocycles. The van der Waals surface area contributed by atoms with E-state index < -0.39 is 0 Å². The first kappa shape index (κ1) is 15.1. The average Bonchev–Trinajstić information content (AvgIpc) is 2.27. The van der Waals surface area contributed by atoms with Crippen molar-refractivity contribution in [3.63, 3.8) is 0 Å². The lowest BCUT2D eigenvalue weighted by atomic mass is 10.1. The number of amides is 1. The van der Waals surface area contributed by atoms with E-state index in [1.165, 1.54) is 19.3 Å². The molecule has 3 nitrogen and oxygen atoms in total. The van der Waals surface area contributed by atoms with E-state index >= 15 is 0 Å². The van der Waals surface area contributed by atoms with Crippen molar-refractivity contribution in [2.45, 2.75) is 71.8 Å². The first-order valence-electron chi connectivity index (χ1n) is 6.43. The molecule has 0 heterocycles. The molecule has 1 atom stereocenters. The largest absolute Gasteiger partial charge is 0.347 e. The van der Waals surface area contributed by atoms with Crippen LogP contribution >= 0.6 is 0 Å². The fraction of sp³-hybridized carbons (Fsp3) is 0.846. The maximum Gasteiger partial charge on any atom is 0.220 e. The van der Waals surface area contributed by atoms with Crippen molar-refractivity contribution in [3.05, 3.63) is 0 Å². The molecule has 0 aliphatic rings. The zero-order valence-electron chi connectivity index (χ0n) is 10.8. The number of ketones is 1. The molecule has 1 unspecified atom stereocenters. The molecule has 94 valence electrons. The van der Waals surface area contributed by atoms with Crippen molar-refractivity contribution < 1.29 is 9.59 Å². The summed E-state index contributed by atoms with van der Waals surface area (Å²) < 4.78 is 0. The Labute approximate surface area is 99.0 Å². The van der Waals surface area contributed by atoms with Gasteiger partial charge in [-0.15, -0.1) is 0 Å². The number of nitrogens with one attached hydrogen (secondary N) is 1. The molecule has 1 amide bonds. The smallest absolute Gasteiger partial charge is 0.220 e. The summed E-state index contributed by atoms with van der Waals surface area (Å²) in [5.74, 6) is 0.102. The van der Waals surface area contributed by atoms with Crippen molar-refractivity contribution in [3.8, 4) is 0 Å². The Bertz CT molecular complexity index is 214. The van der Waals surface area contributed by atoms with E-state index in [0.29, 0.717) is 12.8 Å². The summed E-state index contributed by atoms with van der Waals surface area (Å²) in [6.07, 6.45) is 6.73. The van der Waals surface area contributed by atoms with Gasteiger partial charge in [-0.1, -0.05) is 39.5 Å². The molecular weight excluding hydrogens is 202 g/mol. The second-order valence-corrected chi connectivity index (χ2v) is 4.27. The molecule has 0 saturated carbocycles. The van der Waals surface area contributed by atoms with E-state index in [2.05, 4.69) is 12.2 Å². The Kier molecular flexibility index (Phi) is 8.87. The van der Waals surface area contributed by atoms with Gasteiger partial charge in [0.15, 0.2) is 5.78 Å². The summed E-state index contributed by atoms with van der Waals surface area (Å²) in [5.41, 5.74) is 0. The summed E-state index contributed by atoms with van der Waals surface area (Å²) in [7, 11) is 0. The van der Waals surface area contributed by atoms with Crippen molar-refractivity contribution in [1.29, 1.82) is 0 Å². The first-order valence-corrected chi connectivity index (χ1v) is 6.43. The second-order valence-electron chi connectivity index (χ2n) is 4.27. The predicted octanol–water partition coefficient (Wildman–Crippen LogP) is 2.83. The average molecular weight is 227 g/mol. The molecule has 0 spiro atoms. The fourth-order valence-electron chi connectivity index (χ4n) is 1.59. The van der Waals surface area contributed by atoms with Crippen molar-refractivity contribution in [1.82, 2.24) is 5.32 Å². The van der Waals surface area contributed by atoms with Crippen molar-refractivity contribution >= 4 is 11.7 Å². The van der Waals surface area contributed by atoms with Gasteiger partial charge in [-0.05, 0) is 13.3 Å². The summed E-state index contributed by atoms with van der Waals surface area (Å²) in [6, 6.07) is -0.326. The SMILES string of the molecule is CCCCCCCC(=O)NC(C)C(=O)CC. The molecule has 0 radical (unpaired) electrons.